The van der Waals surface area contributed by atoms with E-state index in [0.717, 1.165) is 36.7 Å². The summed E-state index contributed by atoms with van der Waals surface area (Å²) >= 11 is 1.02. The fourth-order valence-electron chi connectivity index (χ4n) is 3.57. The second kappa shape index (κ2) is 7.51. The van der Waals surface area contributed by atoms with Crippen molar-refractivity contribution in [2.45, 2.75) is 37.8 Å². The highest BCUT2D eigenvalue weighted by Gasteiger charge is 2.41. The first-order valence-corrected chi connectivity index (χ1v) is 9.89. The second-order valence-electron chi connectivity index (χ2n) is 6.60. The van der Waals surface area contributed by atoms with Crippen molar-refractivity contribution in [3.63, 3.8) is 0 Å². The van der Waals surface area contributed by atoms with Crippen LogP contribution in [0.5, 0.6) is 0 Å². The number of carbonyl (C=O) groups is 3. The molecule has 1 N–H and O–H groups in total. The minimum atomic E-state index is -0.346. The van der Waals surface area contributed by atoms with Gasteiger partial charge in [-0.25, -0.2) is 0 Å². The molecule has 2 aromatic rings. The van der Waals surface area contributed by atoms with Gasteiger partial charge in [0.05, 0.1) is 29.7 Å². The molecule has 0 radical (unpaired) electrons. The van der Waals surface area contributed by atoms with Crippen molar-refractivity contribution >= 4 is 28.8 Å². The van der Waals surface area contributed by atoms with Gasteiger partial charge < -0.3 is 5.32 Å². The Balaban J connectivity index is 1.49. The van der Waals surface area contributed by atoms with E-state index in [2.05, 4.69) is 15.5 Å². The number of amides is 3. The lowest BCUT2D eigenvalue weighted by molar-refractivity contribution is -0.127. The van der Waals surface area contributed by atoms with E-state index < -0.39 is 0 Å². The van der Waals surface area contributed by atoms with Crippen molar-refractivity contribution < 1.29 is 14.4 Å². The maximum Gasteiger partial charge on any atom is 0.289 e. The minimum absolute atomic E-state index is 0.175. The van der Waals surface area contributed by atoms with Crippen LogP contribution in [-0.4, -0.2) is 54.8 Å². The second-order valence-corrected chi connectivity index (χ2v) is 7.53. The monoisotopic (exact) mass is 385 g/mol. The number of hydrogen-bond donors (Lipinski definition) is 1. The van der Waals surface area contributed by atoms with Gasteiger partial charge in [0.15, 0.2) is 5.69 Å². The highest BCUT2D eigenvalue weighted by Crippen LogP contribution is 2.30. The molecule has 1 aromatic heterocycles. The van der Waals surface area contributed by atoms with Gasteiger partial charge in [-0.3, -0.25) is 19.3 Å². The average Bonchev–Trinajstić information content (AvgIpc) is 3.30. The Morgan fingerprint density at radius 3 is 2.67 bits per heavy atom. The van der Waals surface area contributed by atoms with E-state index >= 15 is 0 Å². The normalized spacial score (nSPS) is 22.9. The molecule has 0 bridgehead atoms. The van der Waals surface area contributed by atoms with Gasteiger partial charge in [0.25, 0.3) is 11.1 Å². The third-order valence-corrected chi connectivity index (χ3v) is 5.71. The lowest BCUT2D eigenvalue weighted by atomic mass is 9.89. The number of para-hydroxylation sites is 1. The number of aromatic nitrogens is 3. The maximum absolute atomic E-state index is 12.7. The van der Waals surface area contributed by atoms with E-state index in [1.165, 1.54) is 15.9 Å². The van der Waals surface area contributed by atoms with Crippen LogP contribution < -0.4 is 5.32 Å². The molecule has 4 rings (SSSR count). The van der Waals surface area contributed by atoms with Gasteiger partial charge in [-0.15, -0.1) is 5.10 Å². The number of carbonyl (C=O) groups excluding carboxylic acids is 3. The first kappa shape index (κ1) is 17.7. The Bertz CT molecular complexity index is 853. The summed E-state index contributed by atoms with van der Waals surface area (Å²) in [5.41, 5.74) is 0.967. The lowest BCUT2D eigenvalue weighted by Crippen LogP contribution is -2.54. The van der Waals surface area contributed by atoms with Crippen LogP contribution in [0, 0.1) is 0 Å². The molecule has 9 heteroatoms. The van der Waals surface area contributed by atoms with Crippen molar-refractivity contribution in [2.75, 3.05) is 5.75 Å². The van der Waals surface area contributed by atoms with Crippen LogP contribution in [0.15, 0.2) is 36.5 Å². The third kappa shape index (κ3) is 3.59. The quantitative estimate of drug-likeness (QED) is 0.865. The maximum atomic E-state index is 12.7. The summed E-state index contributed by atoms with van der Waals surface area (Å²) in [6.07, 6.45) is 4.73. The van der Waals surface area contributed by atoms with Crippen LogP contribution in [0.1, 0.15) is 36.2 Å². The van der Waals surface area contributed by atoms with Crippen LogP contribution in [-0.2, 0) is 4.79 Å². The van der Waals surface area contributed by atoms with E-state index in [4.69, 9.17) is 0 Å². The summed E-state index contributed by atoms with van der Waals surface area (Å²) in [6, 6.07) is 8.77. The highest BCUT2D eigenvalue weighted by atomic mass is 32.2. The lowest BCUT2D eigenvalue weighted by Gasteiger charge is -2.36. The number of nitrogens with zero attached hydrogens (tertiary/aromatic N) is 4. The van der Waals surface area contributed by atoms with Gasteiger partial charge in [-0.1, -0.05) is 42.8 Å². The molecule has 3 amide bonds. The zero-order chi connectivity index (χ0) is 18.8. The molecule has 2 aliphatic rings. The van der Waals surface area contributed by atoms with Crippen LogP contribution in [0.3, 0.4) is 0 Å². The van der Waals surface area contributed by atoms with Gasteiger partial charge >= 0.3 is 0 Å². The molecule has 1 saturated carbocycles. The van der Waals surface area contributed by atoms with Crippen molar-refractivity contribution in [1.82, 2.24) is 25.2 Å². The molecule has 0 unspecified atom stereocenters. The molecule has 2 atom stereocenters. The number of imide groups is 1. The summed E-state index contributed by atoms with van der Waals surface area (Å²) in [5.74, 6) is -0.339. The highest BCUT2D eigenvalue weighted by molar-refractivity contribution is 8.14. The Hall–Kier alpha value is -2.68. The smallest absolute Gasteiger partial charge is 0.289 e. The van der Waals surface area contributed by atoms with Gasteiger partial charge in [-0.05, 0) is 25.0 Å². The minimum Gasteiger partial charge on any atom is -0.346 e. The molecule has 1 aliphatic carbocycles. The Morgan fingerprint density at radius 2 is 1.93 bits per heavy atom. The number of nitrogens with one attached hydrogen (secondary N) is 1. The largest absolute Gasteiger partial charge is 0.346 e. The van der Waals surface area contributed by atoms with E-state index in [1.54, 1.807) is 0 Å². The molecule has 1 saturated heterocycles. The van der Waals surface area contributed by atoms with E-state index in [9.17, 15) is 14.4 Å². The summed E-state index contributed by atoms with van der Waals surface area (Å²) < 4.78 is 0. The van der Waals surface area contributed by atoms with Crippen LogP contribution in [0.4, 0.5) is 4.79 Å². The molecular formula is C18H19N5O3S. The first-order valence-electron chi connectivity index (χ1n) is 8.91. The van der Waals surface area contributed by atoms with Crippen molar-refractivity contribution in [1.29, 1.82) is 0 Å². The summed E-state index contributed by atoms with van der Waals surface area (Å²) in [6.45, 7) is 0. The van der Waals surface area contributed by atoms with Gasteiger partial charge in [0.1, 0.15) is 0 Å². The van der Waals surface area contributed by atoms with Crippen LogP contribution in [0.2, 0.25) is 0 Å². The van der Waals surface area contributed by atoms with E-state index in [0.29, 0.717) is 6.42 Å². The average molecular weight is 385 g/mol. The van der Waals surface area contributed by atoms with Gasteiger partial charge in [0, 0.05) is 0 Å². The zero-order valence-electron chi connectivity index (χ0n) is 14.6. The van der Waals surface area contributed by atoms with E-state index in [-0.39, 0.29) is 40.6 Å². The molecule has 1 aromatic carbocycles. The molecule has 2 fully saturated rings. The molecular weight excluding hydrogens is 366 g/mol. The number of rotatable bonds is 4. The SMILES string of the molecule is O=C(N[C@H]1CCCC[C@@H]1N1C(=O)CSC1=O)c1cnn(-c2ccccc2)n1. The predicted octanol–water partition coefficient (Wildman–Crippen LogP) is 2.00. The Morgan fingerprint density at radius 1 is 1.15 bits per heavy atom. The Kier molecular flexibility index (Phi) is 4.93. The van der Waals surface area contributed by atoms with Gasteiger partial charge in [-0.2, -0.15) is 9.90 Å². The Labute approximate surface area is 160 Å². The summed E-state index contributed by atoms with van der Waals surface area (Å²) in [5, 5.41) is 11.1. The fraction of sp³-hybridized carbons (Fsp3) is 0.389. The molecule has 1 aliphatic heterocycles. The topological polar surface area (TPSA) is 97.2 Å². The summed E-state index contributed by atoms with van der Waals surface area (Å²) in [4.78, 5) is 39.6. The number of thioether (sulfide) groups is 1. The number of hydrogen-bond acceptors (Lipinski definition) is 6. The fourth-order valence-corrected chi connectivity index (χ4v) is 4.33. The molecule has 2 heterocycles. The van der Waals surface area contributed by atoms with Gasteiger partial charge in [0.2, 0.25) is 5.91 Å². The number of benzene rings is 1. The standard InChI is InChI=1S/C18H19N5O3S/c24-16-11-27-18(26)22(16)15-9-5-4-8-13(15)20-17(25)14-10-19-23(21-14)12-6-2-1-3-7-12/h1-3,6-7,10,13,15H,4-5,8-9,11H2,(H,20,25)/t13-,15-/m0/s1. The van der Waals surface area contributed by atoms with Crippen molar-refractivity contribution in [2.24, 2.45) is 0 Å². The van der Waals surface area contributed by atoms with Crippen molar-refractivity contribution in [3.8, 4) is 5.69 Å². The predicted molar refractivity (Wildman–Crippen MR) is 99.6 cm³/mol. The first-order chi connectivity index (χ1) is 13.1. The third-order valence-electron chi connectivity index (χ3n) is 4.87. The van der Waals surface area contributed by atoms with Crippen molar-refractivity contribution in [3.05, 3.63) is 42.2 Å². The summed E-state index contributed by atoms with van der Waals surface area (Å²) in [7, 11) is 0. The molecule has 0 spiro atoms. The molecule has 8 nitrogen and oxygen atoms in total. The van der Waals surface area contributed by atoms with Crippen LogP contribution in [0.25, 0.3) is 5.69 Å². The van der Waals surface area contributed by atoms with E-state index in [1.807, 2.05) is 30.3 Å². The molecule has 140 valence electrons. The molecule has 27 heavy (non-hydrogen) atoms. The van der Waals surface area contributed by atoms with Crippen LogP contribution >= 0.6 is 11.8 Å². The zero-order valence-corrected chi connectivity index (χ0v) is 15.4.